The van der Waals surface area contributed by atoms with E-state index in [4.69, 9.17) is 0 Å². The van der Waals surface area contributed by atoms with Crippen LogP contribution >= 0.6 is 54.5 Å². The van der Waals surface area contributed by atoms with Crippen LogP contribution in [0.3, 0.4) is 0 Å². The number of rotatable bonds is 4. The van der Waals surface area contributed by atoms with Gasteiger partial charge in [0.1, 0.15) is 0 Å². The van der Waals surface area contributed by atoms with Gasteiger partial charge in [0.25, 0.3) is 0 Å². The Labute approximate surface area is 143 Å². The molecular weight excluding hydrogens is 418 g/mol. The molecule has 0 saturated carbocycles. The van der Waals surface area contributed by atoms with Gasteiger partial charge in [0.15, 0.2) is 0 Å². The van der Waals surface area contributed by atoms with Crippen molar-refractivity contribution in [2.75, 3.05) is 7.05 Å². The van der Waals surface area contributed by atoms with Crippen molar-refractivity contribution >= 4 is 64.6 Å². The average molecular weight is 431 g/mol. The summed E-state index contributed by atoms with van der Waals surface area (Å²) in [6.07, 6.45) is 1.01. The number of likely N-dealkylation sites (N-methyl/N-ethyl adjacent to an activating group) is 1. The van der Waals surface area contributed by atoms with Gasteiger partial charge in [-0.15, -0.1) is 22.7 Å². The Morgan fingerprint density at radius 2 is 2.05 bits per heavy atom. The van der Waals surface area contributed by atoms with Gasteiger partial charge < -0.3 is 5.32 Å². The van der Waals surface area contributed by atoms with Gasteiger partial charge in [-0.2, -0.15) is 0 Å². The highest BCUT2D eigenvalue weighted by Gasteiger charge is 2.16. The van der Waals surface area contributed by atoms with Crippen molar-refractivity contribution in [3.05, 3.63) is 54.4 Å². The van der Waals surface area contributed by atoms with Gasteiger partial charge in [-0.3, -0.25) is 0 Å². The maximum absolute atomic E-state index is 3.58. The van der Waals surface area contributed by atoms with Crippen molar-refractivity contribution in [1.29, 1.82) is 0 Å². The SMILES string of the molecule is CNC(Cc1csc2ccccc12)c1cc(Br)c(Br)s1. The molecule has 0 radical (unpaired) electrons. The summed E-state index contributed by atoms with van der Waals surface area (Å²) in [4.78, 5) is 1.35. The van der Waals surface area contributed by atoms with E-state index in [1.807, 2.05) is 18.4 Å². The zero-order chi connectivity index (χ0) is 14.1. The highest BCUT2D eigenvalue weighted by molar-refractivity contribution is 9.13. The monoisotopic (exact) mass is 429 g/mol. The number of fused-ring (bicyclic) bond motifs is 1. The fourth-order valence-electron chi connectivity index (χ4n) is 2.29. The number of halogens is 2. The topological polar surface area (TPSA) is 12.0 Å². The molecule has 1 unspecified atom stereocenters. The maximum Gasteiger partial charge on any atom is 0.0843 e. The second-order valence-electron chi connectivity index (χ2n) is 4.57. The standard InChI is InChI=1S/C15H13Br2NS2/c1-18-12(14-7-11(16)15(17)20-14)6-9-8-19-13-5-3-2-4-10(9)13/h2-5,7-8,12,18H,6H2,1H3. The first-order valence-electron chi connectivity index (χ1n) is 6.26. The lowest BCUT2D eigenvalue weighted by molar-refractivity contribution is 0.604. The van der Waals surface area contributed by atoms with Crippen LogP contribution in [0.15, 0.2) is 44.0 Å². The van der Waals surface area contributed by atoms with Crippen LogP contribution in [0.25, 0.3) is 10.1 Å². The normalized spacial score (nSPS) is 12.9. The second-order valence-corrected chi connectivity index (χ2v) is 8.74. The molecule has 3 rings (SSSR count). The van der Waals surface area contributed by atoms with Crippen LogP contribution in [0.1, 0.15) is 16.5 Å². The fraction of sp³-hybridized carbons (Fsp3) is 0.200. The van der Waals surface area contributed by atoms with Crippen LogP contribution in [0, 0.1) is 0 Å². The van der Waals surface area contributed by atoms with Crippen LogP contribution in [0.4, 0.5) is 0 Å². The predicted molar refractivity (Wildman–Crippen MR) is 97.0 cm³/mol. The van der Waals surface area contributed by atoms with E-state index in [0.717, 1.165) is 14.7 Å². The molecule has 0 amide bonds. The summed E-state index contributed by atoms with van der Waals surface area (Å²) < 4.78 is 3.65. The number of hydrogen-bond donors (Lipinski definition) is 1. The van der Waals surface area contributed by atoms with Gasteiger partial charge in [-0.05, 0) is 73.8 Å². The first-order chi connectivity index (χ1) is 9.69. The average Bonchev–Trinajstić information content (AvgIpc) is 3.01. The van der Waals surface area contributed by atoms with Gasteiger partial charge in [0.05, 0.1) is 3.79 Å². The Bertz CT molecular complexity index is 713. The van der Waals surface area contributed by atoms with Gasteiger partial charge >= 0.3 is 0 Å². The molecule has 0 spiro atoms. The van der Waals surface area contributed by atoms with E-state index in [1.54, 1.807) is 11.3 Å². The minimum Gasteiger partial charge on any atom is -0.312 e. The highest BCUT2D eigenvalue weighted by atomic mass is 79.9. The maximum atomic E-state index is 3.58. The molecule has 1 aromatic carbocycles. The molecule has 0 aliphatic rings. The molecule has 0 aliphatic carbocycles. The smallest absolute Gasteiger partial charge is 0.0843 e. The van der Waals surface area contributed by atoms with Crippen LogP contribution in [0.2, 0.25) is 0 Å². The van der Waals surface area contributed by atoms with Gasteiger partial charge in [0.2, 0.25) is 0 Å². The van der Waals surface area contributed by atoms with E-state index in [-0.39, 0.29) is 0 Å². The summed E-state index contributed by atoms with van der Waals surface area (Å²) in [6.45, 7) is 0. The lowest BCUT2D eigenvalue weighted by Crippen LogP contribution is -2.17. The van der Waals surface area contributed by atoms with E-state index in [0.29, 0.717) is 6.04 Å². The van der Waals surface area contributed by atoms with E-state index in [1.165, 1.54) is 20.5 Å². The molecule has 3 aromatic rings. The van der Waals surface area contributed by atoms with Gasteiger partial charge in [0, 0.05) is 20.1 Å². The molecule has 2 aromatic heterocycles. The molecule has 2 heterocycles. The van der Waals surface area contributed by atoms with Crippen LogP contribution < -0.4 is 5.32 Å². The molecular formula is C15H13Br2NS2. The van der Waals surface area contributed by atoms with E-state index in [2.05, 4.69) is 72.9 Å². The predicted octanol–water partition coefficient (Wildman–Crippen LogP) is 5.99. The summed E-state index contributed by atoms with van der Waals surface area (Å²) in [5.41, 5.74) is 1.42. The van der Waals surface area contributed by atoms with Gasteiger partial charge in [-0.25, -0.2) is 0 Å². The lowest BCUT2D eigenvalue weighted by atomic mass is 10.0. The zero-order valence-electron chi connectivity index (χ0n) is 10.8. The van der Waals surface area contributed by atoms with E-state index < -0.39 is 0 Å². The first-order valence-corrected chi connectivity index (χ1v) is 9.54. The van der Waals surface area contributed by atoms with Crippen molar-refractivity contribution in [2.24, 2.45) is 0 Å². The lowest BCUT2D eigenvalue weighted by Gasteiger charge is -2.14. The van der Waals surface area contributed by atoms with Crippen LogP contribution in [-0.4, -0.2) is 7.05 Å². The van der Waals surface area contributed by atoms with Crippen molar-refractivity contribution in [1.82, 2.24) is 5.32 Å². The largest absolute Gasteiger partial charge is 0.312 e. The number of benzene rings is 1. The molecule has 1 atom stereocenters. The number of hydrogen-bond acceptors (Lipinski definition) is 3. The number of thiophene rings is 2. The van der Waals surface area contributed by atoms with Crippen LogP contribution in [0.5, 0.6) is 0 Å². The Hall–Kier alpha value is -0.200. The Morgan fingerprint density at radius 3 is 2.75 bits per heavy atom. The minimum atomic E-state index is 0.348. The minimum absolute atomic E-state index is 0.348. The third-order valence-electron chi connectivity index (χ3n) is 3.34. The molecule has 0 saturated heterocycles. The third kappa shape index (κ3) is 2.88. The Balaban J connectivity index is 1.91. The summed E-state index contributed by atoms with van der Waals surface area (Å²) in [5, 5.41) is 7.10. The molecule has 0 aliphatic heterocycles. The van der Waals surface area contributed by atoms with Crippen molar-refractivity contribution in [3.63, 3.8) is 0 Å². The molecule has 5 heteroatoms. The van der Waals surface area contributed by atoms with Crippen LogP contribution in [-0.2, 0) is 6.42 Å². The third-order valence-corrected chi connectivity index (χ3v) is 7.72. The molecule has 1 N–H and O–H groups in total. The fourth-order valence-corrected chi connectivity index (χ4v) is 5.47. The van der Waals surface area contributed by atoms with Crippen molar-refractivity contribution in [3.8, 4) is 0 Å². The second kappa shape index (κ2) is 6.28. The van der Waals surface area contributed by atoms with E-state index in [9.17, 15) is 0 Å². The highest BCUT2D eigenvalue weighted by Crippen LogP contribution is 2.37. The Kier molecular flexibility index (Phi) is 4.62. The summed E-state index contributed by atoms with van der Waals surface area (Å²) >= 11 is 10.8. The summed E-state index contributed by atoms with van der Waals surface area (Å²) in [7, 11) is 2.03. The molecule has 104 valence electrons. The van der Waals surface area contributed by atoms with Crippen molar-refractivity contribution < 1.29 is 0 Å². The molecule has 0 bridgehead atoms. The Morgan fingerprint density at radius 1 is 1.25 bits per heavy atom. The quantitative estimate of drug-likeness (QED) is 0.535. The molecule has 1 nitrogen and oxygen atoms in total. The van der Waals surface area contributed by atoms with Crippen molar-refractivity contribution in [2.45, 2.75) is 12.5 Å². The molecule has 0 fully saturated rings. The summed E-state index contributed by atoms with van der Waals surface area (Å²) in [6, 6.07) is 11.2. The molecule has 20 heavy (non-hydrogen) atoms. The number of nitrogens with one attached hydrogen (secondary N) is 1. The van der Waals surface area contributed by atoms with Gasteiger partial charge in [-0.1, -0.05) is 18.2 Å². The first kappa shape index (κ1) is 14.7. The van der Waals surface area contributed by atoms with E-state index >= 15 is 0 Å². The summed E-state index contributed by atoms with van der Waals surface area (Å²) in [5.74, 6) is 0. The zero-order valence-corrected chi connectivity index (χ0v) is 15.6.